The number of fused-ring (bicyclic) bond motifs is 4. The van der Waals surface area contributed by atoms with Gasteiger partial charge in [0.2, 0.25) is 0 Å². The molecular weight excluding hydrogens is 508 g/mol. The molecule has 5 fully saturated rings. The van der Waals surface area contributed by atoms with Crippen LogP contribution in [0.3, 0.4) is 0 Å². The van der Waals surface area contributed by atoms with Crippen molar-refractivity contribution in [2.75, 3.05) is 7.11 Å². The lowest BCUT2D eigenvalue weighted by Crippen LogP contribution is -2.57. The van der Waals surface area contributed by atoms with Gasteiger partial charge in [-0.3, -0.25) is 0 Å². The SMILES string of the molecule is CC[C@H](/C(=C/[C@@H](C)[C@H]1CC[C@H]2[C@@H]3C[C@@H](OC)[C@]45C[C@H]4CC[C@]5(C)[C@H]3CC[C@]12C)[S@@](=O)c1ccc(C)cc1)C(C)C. The van der Waals surface area contributed by atoms with E-state index >= 15 is 0 Å². The van der Waals surface area contributed by atoms with Gasteiger partial charge in [0.15, 0.2) is 0 Å². The Morgan fingerprint density at radius 3 is 2.40 bits per heavy atom. The van der Waals surface area contributed by atoms with E-state index in [4.69, 9.17) is 4.74 Å². The minimum atomic E-state index is -1.10. The molecule has 5 aliphatic carbocycles. The van der Waals surface area contributed by atoms with Crippen molar-refractivity contribution in [1.82, 2.24) is 0 Å². The normalized spacial score (nSPS) is 44.4. The molecule has 0 aliphatic heterocycles. The predicted molar refractivity (Wildman–Crippen MR) is 167 cm³/mol. The summed E-state index contributed by atoms with van der Waals surface area (Å²) in [4.78, 5) is 2.15. The molecule has 0 radical (unpaired) electrons. The second kappa shape index (κ2) is 10.4. The van der Waals surface area contributed by atoms with Crippen molar-refractivity contribution >= 4 is 10.8 Å². The summed E-state index contributed by atoms with van der Waals surface area (Å²) in [5.41, 5.74) is 2.61. The van der Waals surface area contributed by atoms with E-state index in [2.05, 4.69) is 78.8 Å². The van der Waals surface area contributed by atoms with Crippen molar-refractivity contribution in [3.05, 3.63) is 40.8 Å². The van der Waals surface area contributed by atoms with Crippen LogP contribution in [-0.2, 0) is 15.5 Å². The van der Waals surface area contributed by atoms with Crippen LogP contribution in [0.4, 0.5) is 0 Å². The molecule has 12 atom stereocenters. The van der Waals surface area contributed by atoms with Crippen LogP contribution in [0.15, 0.2) is 40.1 Å². The van der Waals surface area contributed by atoms with Gasteiger partial charge in [-0.2, -0.15) is 0 Å². The molecule has 2 nitrogen and oxygen atoms in total. The lowest BCUT2D eigenvalue weighted by atomic mass is 9.45. The highest BCUT2D eigenvalue weighted by Crippen LogP contribution is 2.82. The van der Waals surface area contributed by atoms with Gasteiger partial charge in [0.1, 0.15) is 0 Å². The summed E-state index contributed by atoms with van der Waals surface area (Å²) in [5.74, 6) is 5.44. The second-order valence-corrected chi connectivity index (χ2v) is 17.2. The molecule has 222 valence electrons. The molecule has 5 saturated carbocycles. The highest BCUT2D eigenvalue weighted by molar-refractivity contribution is 7.89. The fourth-order valence-corrected chi connectivity index (χ4v) is 13.7. The topological polar surface area (TPSA) is 26.3 Å². The molecule has 0 unspecified atom stereocenters. The molecule has 3 heteroatoms. The summed E-state index contributed by atoms with van der Waals surface area (Å²) >= 11 is 0. The molecule has 0 saturated heterocycles. The molecule has 0 amide bonds. The van der Waals surface area contributed by atoms with Crippen molar-refractivity contribution in [3.63, 3.8) is 0 Å². The minimum absolute atomic E-state index is 0.358. The van der Waals surface area contributed by atoms with Gasteiger partial charge in [0, 0.05) is 22.3 Å². The van der Waals surface area contributed by atoms with Crippen LogP contribution in [0.1, 0.15) is 105 Å². The van der Waals surface area contributed by atoms with E-state index in [9.17, 15) is 4.21 Å². The Balaban J connectivity index is 1.29. The standard InChI is InChI=1S/C37H56O2S/c1-9-28(23(2)3)33(40(38)27-12-10-24(4)11-13-27)20-25(5)30-14-15-31-29-21-34(39-8)37-22-26(37)16-19-36(37,7)32(29)17-18-35(30,31)6/h10-13,20,23,25-26,28-32,34H,9,14-19,21-22H2,1-8H3/b33-20-/t25-,26-,28+,29+,30-,31+,32+,34-,35-,36-,37+,40+/m1/s1. The number of hydrogen-bond acceptors (Lipinski definition) is 2. The Bertz CT molecular complexity index is 1150. The minimum Gasteiger partial charge on any atom is -0.381 e. The molecule has 6 rings (SSSR count). The van der Waals surface area contributed by atoms with Gasteiger partial charge in [-0.1, -0.05) is 65.3 Å². The summed E-state index contributed by atoms with van der Waals surface area (Å²) in [6.07, 6.45) is 15.2. The molecule has 0 N–H and O–H groups in total. The Hall–Kier alpha value is -0.930. The van der Waals surface area contributed by atoms with Gasteiger partial charge in [-0.15, -0.1) is 0 Å². The zero-order chi connectivity index (χ0) is 28.6. The lowest BCUT2D eigenvalue weighted by molar-refractivity contribution is -0.160. The number of ether oxygens (including phenoxy) is 1. The van der Waals surface area contributed by atoms with Crippen molar-refractivity contribution in [3.8, 4) is 0 Å². The fourth-order valence-electron chi connectivity index (χ4n) is 12.0. The summed E-state index contributed by atoms with van der Waals surface area (Å²) in [6.45, 7) is 16.8. The Morgan fingerprint density at radius 2 is 1.77 bits per heavy atom. The molecule has 5 aliphatic rings. The van der Waals surface area contributed by atoms with Crippen molar-refractivity contribution in [2.24, 2.45) is 63.6 Å². The Kier molecular flexibility index (Phi) is 7.55. The van der Waals surface area contributed by atoms with E-state index in [1.807, 2.05) is 7.11 Å². The molecule has 0 heterocycles. The number of aryl methyl sites for hydroxylation is 1. The van der Waals surface area contributed by atoms with E-state index in [1.54, 1.807) is 0 Å². The molecule has 40 heavy (non-hydrogen) atoms. The summed E-state index contributed by atoms with van der Waals surface area (Å²) in [6, 6.07) is 8.40. The maximum atomic E-state index is 14.1. The Morgan fingerprint density at radius 1 is 1.05 bits per heavy atom. The van der Waals surface area contributed by atoms with Crippen molar-refractivity contribution < 1.29 is 8.95 Å². The first-order chi connectivity index (χ1) is 19.0. The van der Waals surface area contributed by atoms with E-state index in [1.165, 1.54) is 61.8 Å². The van der Waals surface area contributed by atoms with E-state index in [0.717, 1.165) is 35.0 Å². The average Bonchev–Trinajstić information content (AvgIpc) is 3.43. The van der Waals surface area contributed by atoms with Gasteiger partial charge in [0.05, 0.1) is 16.9 Å². The molecular formula is C37H56O2S. The lowest BCUT2D eigenvalue weighted by Gasteiger charge is -2.61. The second-order valence-electron chi connectivity index (χ2n) is 15.7. The van der Waals surface area contributed by atoms with Gasteiger partial charge in [-0.25, -0.2) is 4.21 Å². The first-order valence-electron chi connectivity index (χ1n) is 16.7. The maximum Gasteiger partial charge on any atom is 0.0808 e. The van der Waals surface area contributed by atoms with Gasteiger partial charge in [0.25, 0.3) is 0 Å². The summed E-state index contributed by atoms with van der Waals surface area (Å²) < 4.78 is 20.5. The number of hydrogen-bond donors (Lipinski definition) is 0. The van der Waals surface area contributed by atoms with Crippen LogP contribution in [0, 0.1) is 70.5 Å². The first-order valence-corrected chi connectivity index (χ1v) is 17.9. The Labute approximate surface area is 248 Å². The molecule has 1 spiro atoms. The zero-order valence-electron chi connectivity index (χ0n) is 26.7. The first kappa shape index (κ1) is 29.2. The third kappa shape index (κ3) is 4.13. The summed E-state index contributed by atoms with van der Waals surface area (Å²) in [5, 5.41) is 0. The predicted octanol–water partition coefficient (Wildman–Crippen LogP) is 9.59. The molecule has 1 aromatic rings. The maximum absolute atomic E-state index is 14.1. The monoisotopic (exact) mass is 564 g/mol. The number of benzene rings is 1. The van der Waals surface area contributed by atoms with Crippen molar-refractivity contribution in [2.45, 2.75) is 117 Å². The van der Waals surface area contributed by atoms with Crippen LogP contribution in [0.2, 0.25) is 0 Å². The highest BCUT2D eigenvalue weighted by Gasteiger charge is 2.77. The van der Waals surface area contributed by atoms with Gasteiger partial charge >= 0.3 is 0 Å². The molecule has 0 bridgehead atoms. The van der Waals surface area contributed by atoms with Crippen LogP contribution in [0.5, 0.6) is 0 Å². The van der Waals surface area contributed by atoms with Crippen molar-refractivity contribution in [1.29, 1.82) is 0 Å². The smallest absolute Gasteiger partial charge is 0.0808 e. The van der Waals surface area contributed by atoms with Gasteiger partial charge in [-0.05, 0) is 135 Å². The quantitative estimate of drug-likeness (QED) is 0.314. The van der Waals surface area contributed by atoms with Crippen LogP contribution in [-0.4, -0.2) is 17.4 Å². The third-order valence-electron chi connectivity index (χ3n) is 14.0. The van der Waals surface area contributed by atoms with E-state index in [0.29, 0.717) is 46.0 Å². The zero-order valence-corrected chi connectivity index (χ0v) is 27.5. The number of allylic oxidation sites excluding steroid dienone is 2. The largest absolute Gasteiger partial charge is 0.381 e. The van der Waals surface area contributed by atoms with Crippen LogP contribution < -0.4 is 0 Å². The van der Waals surface area contributed by atoms with Crippen LogP contribution in [0.25, 0.3) is 0 Å². The van der Waals surface area contributed by atoms with E-state index < -0.39 is 10.8 Å². The fraction of sp³-hybridized carbons (Fsp3) is 0.784. The number of rotatable bonds is 8. The summed E-state index contributed by atoms with van der Waals surface area (Å²) in [7, 11) is 0.908. The number of methoxy groups -OCH3 is 1. The van der Waals surface area contributed by atoms with E-state index in [-0.39, 0.29) is 0 Å². The molecule has 1 aromatic carbocycles. The third-order valence-corrected chi connectivity index (χ3v) is 15.6. The molecule has 0 aromatic heterocycles. The average molecular weight is 565 g/mol. The highest BCUT2D eigenvalue weighted by atomic mass is 32.2. The van der Waals surface area contributed by atoms with Crippen LogP contribution >= 0.6 is 0 Å². The van der Waals surface area contributed by atoms with Gasteiger partial charge < -0.3 is 4.74 Å².